The number of nitrogens with one attached hydrogen (secondary N) is 2. The molecular weight excluding hydrogens is 514 g/mol. The van der Waals surface area contributed by atoms with Crippen LogP contribution >= 0.6 is 15.9 Å². The largest absolute Gasteiger partial charge is 0.478 e. The molecule has 0 fully saturated rings. The van der Waals surface area contributed by atoms with Crippen LogP contribution in [-0.2, 0) is 19.2 Å². The van der Waals surface area contributed by atoms with Gasteiger partial charge in [-0.15, -0.1) is 0 Å². The molecule has 0 unspecified atom stereocenters. The number of carbonyl (C=O) groups excluding carboxylic acids is 3. The summed E-state index contributed by atoms with van der Waals surface area (Å²) in [5.41, 5.74) is 0.154. The summed E-state index contributed by atoms with van der Waals surface area (Å²) in [6.07, 6.45) is 3.08. The highest BCUT2D eigenvalue weighted by atomic mass is 79.9. The first-order chi connectivity index (χ1) is 16.0. The summed E-state index contributed by atoms with van der Waals surface area (Å²) in [6, 6.07) is 5.75. The molecule has 1 rings (SSSR count). The van der Waals surface area contributed by atoms with Crippen LogP contribution in [0.25, 0.3) is 6.08 Å². The Bertz CT molecular complexity index is 1010. The zero-order chi connectivity index (χ0) is 27.1. The standard InChI is InChI=1S/C26H36BrN3O5/c1-15(2)21(13-16(3)25(34)35)30(8)24(33)22(26(5,6)7)29-23(32)20(28-17(4)31)14-18-9-11-19(27)12-10-18/h9-15,21-22H,1-8H3,(H,28,31)(H,29,32)(H,34,35)/b16-13+,20-14-/t21-,22-/m1/s1. The number of carboxylic acid groups (broad SMARTS) is 1. The Morgan fingerprint density at radius 2 is 1.60 bits per heavy atom. The highest BCUT2D eigenvalue weighted by Gasteiger charge is 2.37. The third-order valence-corrected chi connectivity index (χ3v) is 5.89. The first-order valence-corrected chi connectivity index (χ1v) is 12.1. The predicted molar refractivity (Wildman–Crippen MR) is 140 cm³/mol. The van der Waals surface area contributed by atoms with Gasteiger partial charge in [-0.1, -0.05) is 68.8 Å². The third kappa shape index (κ3) is 9.32. The molecule has 1 aromatic rings. The van der Waals surface area contributed by atoms with Gasteiger partial charge in [0.1, 0.15) is 11.7 Å². The van der Waals surface area contributed by atoms with Crippen molar-refractivity contribution in [1.29, 1.82) is 0 Å². The molecule has 9 heteroatoms. The molecule has 8 nitrogen and oxygen atoms in total. The van der Waals surface area contributed by atoms with E-state index < -0.39 is 35.3 Å². The van der Waals surface area contributed by atoms with E-state index in [-0.39, 0.29) is 23.1 Å². The molecule has 0 saturated carbocycles. The molecule has 1 aromatic carbocycles. The number of aliphatic carboxylic acids is 1. The molecule has 3 N–H and O–H groups in total. The second kappa shape index (κ2) is 12.7. The van der Waals surface area contributed by atoms with Gasteiger partial charge in [0.2, 0.25) is 11.8 Å². The van der Waals surface area contributed by atoms with Crippen LogP contribution in [-0.4, -0.2) is 52.8 Å². The zero-order valence-corrected chi connectivity index (χ0v) is 23.2. The first-order valence-electron chi connectivity index (χ1n) is 11.3. The quantitative estimate of drug-likeness (QED) is 0.403. The van der Waals surface area contributed by atoms with Crippen LogP contribution in [0.2, 0.25) is 0 Å². The molecule has 0 spiro atoms. The molecular formula is C26H36BrN3O5. The molecule has 35 heavy (non-hydrogen) atoms. The minimum absolute atomic E-state index is 0.00607. The molecule has 0 radical (unpaired) electrons. The molecule has 0 aliphatic rings. The lowest BCUT2D eigenvalue weighted by Crippen LogP contribution is -2.57. The monoisotopic (exact) mass is 549 g/mol. The van der Waals surface area contributed by atoms with E-state index >= 15 is 0 Å². The van der Waals surface area contributed by atoms with Gasteiger partial charge in [-0.05, 0) is 42.0 Å². The van der Waals surface area contributed by atoms with Gasteiger partial charge >= 0.3 is 5.97 Å². The maximum Gasteiger partial charge on any atom is 0.331 e. The number of halogens is 1. The Kier molecular flexibility index (Phi) is 10.9. The minimum atomic E-state index is -1.06. The molecule has 0 heterocycles. The predicted octanol–water partition coefficient (Wildman–Crippen LogP) is 3.97. The van der Waals surface area contributed by atoms with Crippen molar-refractivity contribution in [3.63, 3.8) is 0 Å². The number of amides is 3. The summed E-state index contributed by atoms with van der Waals surface area (Å²) in [5, 5.41) is 14.6. The molecule has 0 aliphatic heterocycles. The smallest absolute Gasteiger partial charge is 0.331 e. The summed E-state index contributed by atoms with van der Waals surface area (Å²) < 4.78 is 0.869. The highest BCUT2D eigenvalue weighted by molar-refractivity contribution is 9.10. The van der Waals surface area contributed by atoms with E-state index in [1.54, 1.807) is 25.3 Å². The SMILES string of the molecule is CC(=O)N/C(=C\c1ccc(Br)cc1)C(=O)N[C@H](C(=O)N(C)[C@H](/C=C(\C)C(=O)O)C(C)C)C(C)(C)C. The van der Waals surface area contributed by atoms with Gasteiger partial charge in [0.25, 0.3) is 5.91 Å². The average Bonchev–Trinajstić information content (AvgIpc) is 2.74. The second-order valence-electron chi connectivity index (χ2n) is 9.90. The fourth-order valence-corrected chi connectivity index (χ4v) is 3.63. The number of hydrogen-bond donors (Lipinski definition) is 3. The van der Waals surface area contributed by atoms with E-state index in [0.29, 0.717) is 5.56 Å². The number of likely N-dealkylation sites (N-methyl/N-ethyl adjacent to an activating group) is 1. The van der Waals surface area contributed by atoms with Gasteiger partial charge in [0.05, 0.1) is 6.04 Å². The van der Waals surface area contributed by atoms with Crippen LogP contribution in [0.15, 0.2) is 46.1 Å². The van der Waals surface area contributed by atoms with Crippen molar-refractivity contribution in [2.24, 2.45) is 11.3 Å². The summed E-state index contributed by atoms with van der Waals surface area (Å²) in [6.45, 7) is 12.0. The Morgan fingerprint density at radius 1 is 1.06 bits per heavy atom. The van der Waals surface area contributed by atoms with Crippen molar-refractivity contribution in [3.05, 3.63) is 51.6 Å². The molecule has 0 saturated heterocycles. The normalized spacial score (nSPS) is 14.2. The van der Waals surface area contributed by atoms with Gasteiger partial charge in [-0.3, -0.25) is 14.4 Å². The van der Waals surface area contributed by atoms with Gasteiger partial charge in [-0.25, -0.2) is 4.79 Å². The van der Waals surface area contributed by atoms with E-state index in [1.807, 2.05) is 46.8 Å². The van der Waals surface area contributed by atoms with Crippen molar-refractivity contribution >= 4 is 45.7 Å². The lowest BCUT2D eigenvalue weighted by molar-refractivity contribution is -0.139. The van der Waals surface area contributed by atoms with Gasteiger partial charge < -0.3 is 20.6 Å². The Hall–Kier alpha value is -2.94. The van der Waals surface area contributed by atoms with Gasteiger partial charge in [0.15, 0.2) is 0 Å². The summed E-state index contributed by atoms with van der Waals surface area (Å²) in [4.78, 5) is 51.4. The molecule has 192 valence electrons. The van der Waals surface area contributed by atoms with Crippen molar-refractivity contribution in [2.45, 2.75) is 60.5 Å². The maximum atomic E-state index is 13.6. The molecule has 0 aliphatic carbocycles. The number of carboxylic acids is 1. The second-order valence-corrected chi connectivity index (χ2v) is 10.8. The van der Waals surface area contributed by atoms with E-state index in [2.05, 4.69) is 26.6 Å². The number of benzene rings is 1. The summed E-state index contributed by atoms with van der Waals surface area (Å²) >= 11 is 3.36. The summed E-state index contributed by atoms with van der Waals surface area (Å²) in [5.74, 6) is -2.53. The number of carbonyl (C=O) groups is 4. The van der Waals surface area contributed by atoms with Crippen molar-refractivity contribution in [2.75, 3.05) is 7.05 Å². The van der Waals surface area contributed by atoms with Crippen molar-refractivity contribution in [3.8, 4) is 0 Å². The lowest BCUT2D eigenvalue weighted by atomic mass is 9.85. The van der Waals surface area contributed by atoms with Crippen LogP contribution in [0.5, 0.6) is 0 Å². The Balaban J connectivity index is 3.34. The zero-order valence-electron chi connectivity index (χ0n) is 21.6. The lowest BCUT2D eigenvalue weighted by Gasteiger charge is -2.37. The molecule has 3 amide bonds. The van der Waals surface area contributed by atoms with Crippen molar-refractivity contribution < 1.29 is 24.3 Å². The molecule has 2 atom stereocenters. The fraction of sp³-hybridized carbons (Fsp3) is 0.462. The van der Waals surface area contributed by atoms with Crippen LogP contribution in [0.4, 0.5) is 0 Å². The van der Waals surface area contributed by atoms with E-state index in [4.69, 9.17) is 0 Å². The number of hydrogen-bond acceptors (Lipinski definition) is 4. The maximum absolute atomic E-state index is 13.6. The summed E-state index contributed by atoms with van der Waals surface area (Å²) in [7, 11) is 1.59. The van der Waals surface area contributed by atoms with E-state index in [0.717, 1.165) is 4.47 Å². The minimum Gasteiger partial charge on any atom is -0.478 e. The Morgan fingerprint density at radius 3 is 2.03 bits per heavy atom. The van der Waals surface area contributed by atoms with Gasteiger partial charge in [0, 0.05) is 24.0 Å². The highest BCUT2D eigenvalue weighted by Crippen LogP contribution is 2.24. The third-order valence-electron chi connectivity index (χ3n) is 5.36. The van der Waals surface area contributed by atoms with E-state index in [9.17, 15) is 24.3 Å². The number of rotatable bonds is 9. The van der Waals surface area contributed by atoms with E-state index in [1.165, 1.54) is 24.8 Å². The van der Waals surface area contributed by atoms with Crippen molar-refractivity contribution in [1.82, 2.24) is 15.5 Å². The molecule has 0 bridgehead atoms. The van der Waals surface area contributed by atoms with Crippen LogP contribution in [0, 0.1) is 11.3 Å². The molecule has 0 aromatic heterocycles. The van der Waals surface area contributed by atoms with Crippen LogP contribution in [0.1, 0.15) is 54.0 Å². The fourth-order valence-electron chi connectivity index (χ4n) is 3.36. The van der Waals surface area contributed by atoms with Crippen LogP contribution in [0.3, 0.4) is 0 Å². The van der Waals surface area contributed by atoms with Gasteiger partial charge in [-0.2, -0.15) is 0 Å². The van der Waals surface area contributed by atoms with Crippen LogP contribution < -0.4 is 10.6 Å². The Labute approximate surface area is 216 Å². The topological polar surface area (TPSA) is 116 Å². The average molecular weight is 550 g/mol. The number of nitrogens with zero attached hydrogens (tertiary/aromatic N) is 1. The first kappa shape index (κ1) is 30.1.